The number of nitrogens with zero attached hydrogens (tertiary/aromatic N) is 1. The first-order valence-electron chi connectivity index (χ1n) is 8.25. The van der Waals surface area contributed by atoms with Crippen LogP contribution in [0.25, 0.3) is 0 Å². The first-order valence-corrected chi connectivity index (χ1v) is 9.73. The normalized spacial score (nSPS) is 17.2. The molecule has 1 atom stereocenters. The van der Waals surface area contributed by atoms with Crippen molar-refractivity contribution in [2.75, 3.05) is 18.0 Å². The zero-order chi connectivity index (χ0) is 20.5. The molecule has 1 aliphatic carbocycles. The van der Waals surface area contributed by atoms with E-state index in [2.05, 4.69) is 14.7 Å². The molecule has 0 fully saturated rings. The summed E-state index contributed by atoms with van der Waals surface area (Å²) >= 11 is 0. The van der Waals surface area contributed by atoms with Crippen LogP contribution in [0.4, 0.5) is 27.8 Å². The van der Waals surface area contributed by atoms with E-state index in [4.69, 9.17) is 4.74 Å². The summed E-state index contributed by atoms with van der Waals surface area (Å²) in [6.45, 7) is -1.21. The minimum Gasteiger partial charge on any atom is -0.486 e. The summed E-state index contributed by atoms with van der Waals surface area (Å²) in [5, 5.41) is 0. The van der Waals surface area contributed by atoms with Crippen molar-refractivity contribution < 1.29 is 35.1 Å². The van der Waals surface area contributed by atoms with Gasteiger partial charge in [0.15, 0.2) is 11.6 Å². The summed E-state index contributed by atoms with van der Waals surface area (Å²) in [5.74, 6) is -3.15. The van der Waals surface area contributed by atoms with Gasteiger partial charge in [-0.25, -0.2) is 22.2 Å². The number of rotatable bonds is 6. The Labute approximate surface area is 157 Å². The monoisotopic (exact) mass is 425 g/mol. The number of ether oxygens (including phenoxy) is 1. The van der Waals surface area contributed by atoms with Gasteiger partial charge in [-0.15, -0.1) is 0 Å². The number of aromatic amines is 1. The zero-order valence-electron chi connectivity index (χ0n) is 14.3. The molecule has 0 radical (unpaired) electrons. The second-order valence-corrected chi connectivity index (χ2v) is 7.89. The molecule has 0 saturated heterocycles. The van der Waals surface area contributed by atoms with Gasteiger partial charge in [0.1, 0.15) is 24.0 Å². The summed E-state index contributed by atoms with van der Waals surface area (Å²) in [5.41, 5.74) is 0.486. The van der Waals surface area contributed by atoms with Gasteiger partial charge in [-0.2, -0.15) is 13.2 Å². The molecule has 2 heterocycles. The molecule has 0 saturated carbocycles. The highest BCUT2D eigenvalue weighted by molar-refractivity contribution is 7.92. The number of pyridine rings is 1. The number of hydrogen-bond acceptors (Lipinski definition) is 4. The molecular weight excluding hydrogens is 409 g/mol. The van der Waals surface area contributed by atoms with Crippen LogP contribution in [0.1, 0.15) is 17.7 Å². The molecule has 2 aromatic rings. The summed E-state index contributed by atoms with van der Waals surface area (Å²) in [4.78, 5) is 6.10. The van der Waals surface area contributed by atoms with Gasteiger partial charge in [-0.1, -0.05) is 0 Å². The Morgan fingerprint density at radius 2 is 2.11 bits per heavy atom. The fourth-order valence-corrected chi connectivity index (χ4v) is 4.30. The van der Waals surface area contributed by atoms with Crippen LogP contribution in [0.15, 0.2) is 23.4 Å². The molecule has 0 amide bonds. The molecule has 12 heteroatoms. The van der Waals surface area contributed by atoms with Gasteiger partial charge >= 0.3 is 6.18 Å². The highest BCUT2D eigenvalue weighted by Gasteiger charge is 2.42. The molecule has 154 valence electrons. The lowest BCUT2D eigenvalue weighted by Crippen LogP contribution is -2.29. The third-order valence-electron chi connectivity index (χ3n) is 4.38. The third-order valence-corrected chi connectivity index (χ3v) is 5.80. The van der Waals surface area contributed by atoms with Crippen LogP contribution in [0.3, 0.4) is 0 Å². The number of nitrogens with one attached hydrogen (secondary N) is 2. The Kier molecular flexibility index (Phi) is 5.50. The highest BCUT2D eigenvalue weighted by atomic mass is 32.2. The molecule has 2 N–H and O–H groups in total. The lowest BCUT2D eigenvalue weighted by molar-refractivity contribution is -0.177. The van der Waals surface area contributed by atoms with Crippen molar-refractivity contribution in [1.29, 1.82) is 0 Å². The molecule has 6 nitrogen and oxygen atoms in total. The number of sulfonamides is 1. The number of aromatic nitrogens is 2. The Hall–Kier alpha value is -2.37. The van der Waals surface area contributed by atoms with Crippen LogP contribution < -0.4 is 9.46 Å². The van der Waals surface area contributed by atoms with Gasteiger partial charge in [0.2, 0.25) is 0 Å². The average Bonchev–Trinajstić information content (AvgIpc) is 3.04. The maximum atomic E-state index is 13.9. The molecule has 0 bridgehead atoms. The summed E-state index contributed by atoms with van der Waals surface area (Å²) < 4.78 is 96.7. The van der Waals surface area contributed by atoms with E-state index in [1.165, 1.54) is 0 Å². The van der Waals surface area contributed by atoms with E-state index in [1.54, 1.807) is 0 Å². The van der Waals surface area contributed by atoms with Crippen LogP contribution in [-0.2, 0) is 22.9 Å². The van der Waals surface area contributed by atoms with Crippen molar-refractivity contribution in [3.05, 3.63) is 35.5 Å². The number of halogens is 5. The molecule has 28 heavy (non-hydrogen) atoms. The first-order chi connectivity index (χ1) is 13.1. The Morgan fingerprint density at radius 1 is 1.36 bits per heavy atom. The molecule has 0 aromatic carbocycles. The standard InChI is InChI=1S/C16H16F5N3O3S/c17-3-4-27-13-7-23-15(6-11(13)18)24-28(25,26)14-8-22-12-5-9(16(19,20)21)1-2-10(12)14/h6-9,22H,1-5H2,(H,23,24). The number of anilines is 1. The SMILES string of the molecule is O=S(=O)(Nc1cc(F)c(OCCF)cn1)c1c[nH]c2c1CCC(C(F)(F)F)C2. The van der Waals surface area contributed by atoms with Gasteiger partial charge < -0.3 is 9.72 Å². The number of alkyl halides is 4. The lowest BCUT2D eigenvalue weighted by atomic mass is 9.87. The minimum atomic E-state index is -4.35. The minimum absolute atomic E-state index is 0.0585. The third kappa shape index (κ3) is 4.21. The number of fused-ring (bicyclic) bond motifs is 1. The van der Waals surface area contributed by atoms with E-state index >= 15 is 0 Å². The number of H-pyrrole nitrogens is 1. The van der Waals surface area contributed by atoms with Crippen LogP contribution in [0.2, 0.25) is 0 Å². The van der Waals surface area contributed by atoms with Crippen molar-refractivity contribution in [1.82, 2.24) is 9.97 Å². The molecule has 2 aromatic heterocycles. The second kappa shape index (κ2) is 7.57. The van der Waals surface area contributed by atoms with Crippen molar-refractivity contribution in [2.24, 2.45) is 5.92 Å². The summed E-state index contributed by atoms with van der Waals surface area (Å²) in [6.07, 6.45) is -2.94. The predicted molar refractivity (Wildman–Crippen MR) is 88.8 cm³/mol. The lowest BCUT2D eigenvalue weighted by Gasteiger charge is -2.24. The van der Waals surface area contributed by atoms with E-state index in [0.29, 0.717) is 0 Å². The topological polar surface area (TPSA) is 84.1 Å². The van der Waals surface area contributed by atoms with Crippen LogP contribution in [-0.4, -0.2) is 37.8 Å². The fraction of sp³-hybridized carbons (Fsp3) is 0.438. The molecular formula is C16H16F5N3O3S. The van der Waals surface area contributed by atoms with E-state index in [-0.39, 0.29) is 53.6 Å². The van der Waals surface area contributed by atoms with Crippen molar-refractivity contribution in [2.45, 2.75) is 30.3 Å². The quantitative estimate of drug-likeness (QED) is 0.696. The number of hydrogen-bond donors (Lipinski definition) is 2. The average molecular weight is 425 g/mol. The Balaban J connectivity index is 1.80. The Morgan fingerprint density at radius 3 is 2.75 bits per heavy atom. The Bertz CT molecular complexity index is 959. The molecule has 3 rings (SSSR count). The second-order valence-electron chi connectivity index (χ2n) is 6.23. The van der Waals surface area contributed by atoms with E-state index in [1.807, 2.05) is 0 Å². The largest absolute Gasteiger partial charge is 0.486 e. The molecule has 1 unspecified atom stereocenters. The van der Waals surface area contributed by atoms with Crippen molar-refractivity contribution >= 4 is 15.8 Å². The van der Waals surface area contributed by atoms with Crippen LogP contribution >= 0.6 is 0 Å². The van der Waals surface area contributed by atoms with Gasteiger partial charge in [0, 0.05) is 18.0 Å². The van der Waals surface area contributed by atoms with Crippen LogP contribution in [0.5, 0.6) is 5.75 Å². The highest BCUT2D eigenvalue weighted by Crippen LogP contribution is 2.38. The van der Waals surface area contributed by atoms with Crippen molar-refractivity contribution in [3.63, 3.8) is 0 Å². The van der Waals surface area contributed by atoms with Gasteiger partial charge in [-0.05, 0) is 24.8 Å². The van der Waals surface area contributed by atoms with Crippen molar-refractivity contribution in [3.8, 4) is 5.75 Å². The zero-order valence-corrected chi connectivity index (χ0v) is 15.1. The molecule has 1 aliphatic rings. The molecule has 0 spiro atoms. The maximum absolute atomic E-state index is 13.9. The van der Waals surface area contributed by atoms with E-state index < -0.39 is 34.6 Å². The van der Waals surface area contributed by atoms with Gasteiger partial charge in [-0.3, -0.25) is 4.72 Å². The predicted octanol–water partition coefficient (Wildman–Crippen LogP) is 3.37. The van der Waals surface area contributed by atoms with Gasteiger partial charge in [0.05, 0.1) is 12.1 Å². The first kappa shape index (κ1) is 20.4. The smallest absolute Gasteiger partial charge is 0.392 e. The summed E-state index contributed by atoms with van der Waals surface area (Å²) in [6, 6.07) is 0.768. The molecule has 0 aliphatic heterocycles. The fourth-order valence-electron chi connectivity index (χ4n) is 3.04. The van der Waals surface area contributed by atoms with E-state index in [0.717, 1.165) is 18.5 Å². The van der Waals surface area contributed by atoms with E-state index in [9.17, 15) is 30.4 Å². The summed E-state index contributed by atoms with van der Waals surface area (Å²) in [7, 11) is -4.20. The van der Waals surface area contributed by atoms with Gasteiger partial charge in [0.25, 0.3) is 10.0 Å². The maximum Gasteiger partial charge on any atom is 0.392 e. The van der Waals surface area contributed by atoms with Crippen LogP contribution in [0, 0.1) is 11.7 Å².